The molecule has 0 spiro atoms. The number of carbonyl (C=O) groups is 2. The van der Waals surface area contributed by atoms with Gasteiger partial charge in [-0.1, -0.05) is 19.8 Å². The van der Waals surface area contributed by atoms with Crippen molar-refractivity contribution in [2.75, 3.05) is 0 Å². The van der Waals surface area contributed by atoms with Crippen LogP contribution in [0.25, 0.3) is 0 Å². The molecule has 5 heteroatoms. The summed E-state index contributed by atoms with van der Waals surface area (Å²) in [5.41, 5.74) is 0. The summed E-state index contributed by atoms with van der Waals surface area (Å²) in [6, 6.07) is 0. The highest BCUT2D eigenvalue weighted by atomic mass is 16.4. The Morgan fingerprint density at radius 1 is 0.952 bits per heavy atom. The van der Waals surface area contributed by atoms with E-state index >= 15 is 0 Å². The maximum atomic E-state index is 11.8. The molecule has 0 aromatic carbocycles. The molecule has 1 fully saturated rings. The van der Waals surface area contributed by atoms with Crippen molar-refractivity contribution < 1.29 is 24.9 Å². The molecule has 0 aromatic rings. The topological polar surface area (TPSA) is 94.8 Å². The Balaban J connectivity index is 2.42. The van der Waals surface area contributed by atoms with Gasteiger partial charge in [0.2, 0.25) is 0 Å². The highest BCUT2D eigenvalue weighted by Crippen LogP contribution is 2.38. The predicted molar refractivity (Wildman–Crippen MR) is 78.9 cm³/mol. The molecule has 3 N–H and O–H groups in total. The highest BCUT2D eigenvalue weighted by molar-refractivity contribution is 5.78. The molecule has 122 valence electrons. The van der Waals surface area contributed by atoms with Gasteiger partial charge in [-0.25, -0.2) is 0 Å². The first-order chi connectivity index (χ1) is 9.95. The van der Waals surface area contributed by atoms with Crippen molar-refractivity contribution >= 4 is 11.8 Å². The number of carbonyl (C=O) groups excluding carboxylic acids is 1. The fourth-order valence-electron chi connectivity index (χ4n) is 3.30. The van der Waals surface area contributed by atoms with Crippen LogP contribution in [0.4, 0.5) is 0 Å². The summed E-state index contributed by atoms with van der Waals surface area (Å²) < 4.78 is 0. The summed E-state index contributed by atoms with van der Waals surface area (Å²) in [5.74, 6) is -1.05. The molecule has 21 heavy (non-hydrogen) atoms. The Morgan fingerprint density at radius 2 is 1.52 bits per heavy atom. The maximum absolute atomic E-state index is 11.8. The second-order valence-corrected chi connectivity index (χ2v) is 6.16. The van der Waals surface area contributed by atoms with Gasteiger partial charge in [-0.15, -0.1) is 0 Å². The van der Waals surface area contributed by atoms with E-state index in [-0.39, 0.29) is 24.0 Å². The first-order valence-electron chi connectivity index (χ1n) is 8.05. The van der Waals surface area contributed by atoms with Crippen molar-refractivity contribution in [3.63, 3.8) is 0 Å². The number of unbranched alkanes of at least 4 members (excludes halogenated alkanes) is 2. The first kappa shape index (κ1) is 18.1. The molecule has 0 bridgehead atoms. The van der Waals surface area contributed by atoms with Gasteiger partial charge in [-0.05, 0) is 37.5 Å². The van der Waals surface area contributed by atoms with Crippen LogP contribution in [0, 0.1) is 11.8 Å². The molecule has 5 nitrogen and oxygen atoms in total. The van der Waals surface area contributed by atoms with E-state index in [1.165, 1.54) is 0 Å². The number of aliphatic hydroxyl groups excluding tert-OH is 2. The van der Waals surface area contributed by atoms with Crippen molar-refractivity contribution in [2.45, 2.75) is 76.9 Å². The van der Waals surface area contributed by atoms with Crippen LogP contribution in [0.15, 0.2) is 0 Å². The van der Waals surface area contributed by atoms with Gasteiger partial charge >= 0.3 is 5.97 Å². The Kier molecular flexibility index (Phi) is 7.89. The summed E-state index contributed by atoms with van der Waals surface area (Å²) in [4.78, 5) is 22.5. The second kappa shape index (κ2) is 9.15. The van der Waals surface area contributed by atoms with Gasteiger partial charge in [0.05, 0.1) is 12.2 Å². The second-order valence-electron chi connectivity index (χ2n) is 6.16. The molecule has 1 aliphatic carbocycles. The van der Waals surface area contributed by atoms with Gasteiger partial charge in [0.25, 0.3) is 0 Å². The lowest BCUT2D eigenvalue weighted by molar-refractivity contribution is -0.137. The number of ketones is 1. The number of carboxylic acids is 1. The van der Waals surface area contributed by atoms with Crippen molar-refractivity contribution in [1.29, 1.82) is 0 Å². The number of carboxylic acid groups (broad SMARTS) is 1. The molecule has 1 aliphatic rings. The van der Waals surface area contributed by atoms with Gasteiger partial charge < -0.3 is 15.3 Å². The monoisotopic (exact) mass is 300 g/mol. The van der Waals surface area contributed by atoms with Crippen LogP contribution in [0.1, 0.15) is 64.7 Å². The molecule has 0 aliphatic heterocycles. The van der Waals surface area contributed by atoms with Gasteiger partial charge in [0.1, 0.15) is 5.78 Å². The van der Waals surface area contributed by atoms with Crippen LogP contribution in [0.2, 0.25) is 0 Å². The van der Waals surface area contributed by atoms with Crippen LogP contribution < -0.4 is 0 Å². The zero-order valence-corrected chi connectivity index (χ0v) is 12.8. The molecule has 0 heterocycles. The molecular weight excluding hydrogens is 272 g/mol. The molecule has 1 rings (SSSR count). The first-order valence-corrected chi connectivity index (χ1v) is 8.05. The number of hydrogen-bond donors (Lipinski definition) is 3. The average molecular weight is 300 g/mol. The fraction of sp³-hybridized carbons (Fsp3) is 0.875. The average Bonchev–Trinajstić information content (AvgIpc) is 2.68. The zero-order valence-electron chi connectivity index (χ0n) is 12.8. The van der Waals surface area contributed by atoms with Crippen LogP contribution in [-0.4, -0.2) is 39.3 Å². The smallest absolute Gasteiger partial charge is 0.303 e. The van der Waals surface area contributed by atoms with Crippen LogP contribution in [-0.2, 0) is 9.59 Å². The third-order valence-electron chi connectivity index (χ3n) is 4.53. The molecule has 0 unspecified atom stereocenters. The summed E-state index contributed by atoms with van der Waals surface area (Å²) in [6.45, 7) is 2.09. The van der Waals surface area contributed by atoms with Crippen molar-refractivity contribution in [3.8, 4) is 0 Å². The lowest BCUT2D eigenvalue weighted by Crippen LogP contribution is -2.24. The van der Waals surface area contributed by atoms with Gasteiger partial charge in [-0.2, -0.15) is 0 Å². The molecular formula is C16H28O5. The standard InChI is InChI=1S/C16H28O5/c1-2-3-4-5-11(17)6-7-12-13(8-9-16(20)21)15(19)10-14(12)18/h12-15,18-19H,2-10H2,1H3,(H,20,21)/t12-,13-,14-,15+/m1/s1. The normalized spacial score (nSPS) is 28.7. The van der Waals surface area contributed by atoms with Crippen LogP contribution in [0.3, 0.4) is 0 Å². The maximum Gasteiger partial charge on any atom is 0.303 e. The van der Waals surface area contributed by atoms with E-state index in [1.807, 2.05) is 0 Å². The van der Waals surface area contributed by atoms with Crippen LogP contribution >= 0.6 is 0 Å². The quantitative estimate of drug-likeness (QED) is 0.537. The van der Waals surface area contributed by atoms with Gasteiger partial charge in [-0.3, -0.25) is 9.59 Å². The Bertz CT molecular complexity index is 342. The Morgan fingerprint density at radius 3 is 2.05 bits per heavy atom. The van der Waals surface area contributed by atoms with Gasteiger partial charge in [0.15, 0.2) is 0 Å². The zero-order chi connectivity index (χ0) is 15.8. The molecule has 0 saturated heterocycles. The van der Waals surface area contributed by atoms with E-state index in [2.05, 4.69) is 6.92 Å². The molecule has 1 saturated carbocycles. The summed E-state index contributed by atoms with van der Waals surface area (Å²) in [7, 11) is 0. The third-order valence-corrected chi connectivity index (χ3v) is 4.53. The van der Waals surface area contributed by atoms with Crippen LogP contribution in [0.5, 0.6) is 0 Å². The summed E-state index contributed by atoms with van der Waals surface area (Å²) >= 11 is 0. The Hall–Kier alpha value is -0.940. The molecule has 4 atom stereocenters. The third kappa shape index (κ3) is 6.14. The SMILES string of the molecule is CCCCCC(=O)CC[C@@H]1[C@@H](CCC(=O)O)[C@@H](O)C[C@H]1O. The van der Waals surface area contributed by atoms with Gasteiger partial charge in [0, 0.05) is 19.3 Å². The minimum absolute atomic E-state index is 0.00457. The Labute approximate surface area is 126 Å². The lowest BCUT2D eigenvalue weighted by Gasteiger charge is -2.22. The fourth-order valence-corrected chi connectivity index (χ4v) is 3.30. The molecule has 0 amide bonds. The molecule has 0 aromatic heterocycles. The number of Topliss-reactive ketones (excluding diaryl/α,β-unsaturated/α-hetero) is 1. The van der Waals surface area contributed by atoms with E-state index in [0.29, 0.717) is 32.1 Å². The predicted octanol–water partition coefficient (Wildman–Crippen LogP) is 2.14. The summed E-state index contributed by atoms with van der Waals surface area (Å²) in [6.07, 6.45) is 3.97. The van der Waals surface area contributed by atoms with E-state index < -0.39 is 18.2 Å². The van der Waals surface area contributed by atoms with E-state index in [4.69, 9.17) is 5.11 Å². The minimum atomic E-state index is -0.891. The number of hydrogen-bond acceptors (Lipinski definition) is 4. The lowest BCUT2D eigenvalue weighted by atomic mass is 9.85. The van der Waals surface area contributed by atoms with E-state index in [0.717, 1.165) is 19.3 Å². The molecule has 0 radical (unpaired) electrons. The number of aliphatic carboxylic acids is 1. The van der Waals surface area contributed by atoms with Crippen molar-refractivity contribution in [3.05, 3.63) is 0 Å². The highest BCUT2D eigenvalue weighted by Gasteiger charge is 2.41. The number of rotatable bonds is 10. The van der Waals surface area contributed by atoms with Crippen molar-refractivity contribution in [2.24, 2.45) is 11.8 Å². The largest absolute Gasteiger partial charge is 0.481 e. The van der Waals surface area contributed by atoms with E-state index in [9.17, 15) is 19.8 Å². The van der Waals surface area contributed by atoms with Crippen molar-refractivity contribution in [1.82, 2.24) is 0 Å². The summed E-state index contributed by atoms with van der Waals surface area (Å²) in [5, 5.41) is 28.7. The van der Waals surface area contributed by atoms with E-state index in [1.54, 1.807) is 0 Å². The number of aliphatic hydroxyl groups is 2. The minimum Gasteiger partial charge on any atom is -0.481 e.